The van der Waals surface area contributed by atoms with E-state index < -0.39 is 21.8 Å². The number of nitrogens with zero attached hydrogens (tertiary/aromatic N) is 1. The molecule has 0 radical (unpaired) electrons. The molecule has 0 saturated heterocycles. The summed E-state index contributed by atoms with van der Waals surface area (Å²) < 4.78 is 69.1. The van der Waals surface area contributed by atoms with Crippen molar-refractivity contribution in [2.45, 2.75) is 12.8 Å². The summed E-state index contributed by atoms with van der Waals surface area (Å²) >= 11 is 1.22. The zero-order chi connectivity index (χ0) is 20.4. The summed E-state index contributed by atoms with van der Waals surface area (Å²) in [5.74, 6) is 0.433. The largest absolute Gasteiger partial charge is 0.487 e. The molecule has 1 aromatic heterocycles. The second-order valence-corrected chi connectivity index (χ2v) is 8.52. The van der Waals surface area contributed by atoms with Crippen molar-refractivity contribution >= 4 is 27.0 Å². The van der Waals surface area contributed by atoms with Crippen molar-refractivity contribution in [2.24, 2.45) is 0 Å². The summed E-state index contributed by atoms with van der Waals surface area (Å²) in [4.78, 5) is 4.32. The van der Waals surface area contributed by atoms with Crippen LogP contribution in [-0.2, 0) is 22.8 Å². The fraction of sp³-hybridized carbons (Fsp3) is 0.167. The van der Waals surface area contributed by atoms with Crippen LogP contribution in [0.25, 0.3) is 10.6 Å². The molecule has 0 atom stereocenters. The molecule has 0 aliphatic rings. The average molecular weight is 428 g/mol. The van der Waals surface area contributed by atoms with Crippen LogP contribution in [0.3, 0.4) is 0 Å². The lowest BCUT2D eigenvalue weighted by Gasteiger charge is -2.08. The average Bonchev–Trinajstić information content (AvgIpc) is 3.07. The molecular formula is C18H15F3N2O3S2. The Labute approximate surface area is 163 Å². The maximum atomic E-state index is 12.9. The highest BCUT2D eigenvalue weighted by Gasteiger charge is 2.30. The summed E-state index contributed by atoms with van der Waals surface area (Å²) in [6.07, 6.45) is -3.37. The third-order valence-corrected chi connectivity index (χ3v) is 5.06. The third kappa shape index (κ3) is 5.46. The molecule has 0 unspecified atom stereocenters. The molecule has 3 aromatic rings. The molecule has 3 rings (SSSR count). The molecule has 5 nitrogen and oxygen atoms in total. The summed E-state index contributed by atoms with van der Waals surface area (Å²) in [5.41, 5.74) is 0.570. The normalized spacial score (nSPS) is 12.0. The number of thiazole rings is 1. The number of nitrogens with one attached hydrogen (secondary N) is 1. The molecule has 0 aliphatic heterocycles. The molecule has 0 saturated carbocycles. The molecule has 148 valence electrons. The third-order valence-electron chi connectivity index (χ3n) is 3.51. The topological polar surface area (TPSA) is 68.3 Å². The summed E-state index contributed by atoms with van der Waals surface area (Å²) in [6.45, 7) is 0.0950. The van der Waals surface area contributed by atoms with E-state index >= 15 is 0 Å². The molecule has 10 heteroatoms. The number of hydrogen-bond donors (Lipinski definition) is 1. The highest BCUT2D eigenvalue weighted by Crippen LogP contribution is 2.33. The molecule has 0 spiro atoms. The van der Waals surface area contributed by atoms with Gasteiger partial charge in [-0.3, -0.25) is 4.72 Å². The van der Waals surface area contributed by atoms with Crippen LogP contribution in [0.2, 0.25) is 0 Å². The molecular weight excluding hydrogens is 413 g/mol. The smallest absolute Gasteiger partial charge is 0.416 e. The molecule has 0 bridgehead atoms. The van der Waals surface area contributed by atoms with Gasteiger partial charge in [-0.1, -0.05) is 18.2 Å². The molecule has 0 aliphatic carbocycles. The number of hydrogen-bond acceptors (Lipinski definition) is 5. The van der Waals surface area contributed by atoms with Crippen molar-refractivity contribution in [1.82, 2.24) is 4.98 Å². The first-order chi connectivity index (χ1) is 13.1. The molecule has 2 aromatic carbocycles. The van der Waals surface area contributed by atoms with Gasteiger partial charge in [0.05, 0.1) is 23.2 Å². The van der Waals surface area contributed by atoms with Crippen LogP contribution < -0.4 is 9.46 Å². The minimum atomic E-state index is -4.41. The van der Waals surface area contributed by atoms with Crippen LogP contribution >= 0.6 is 11.3 Å². The van der Waals surface area contributed by atoms with E-state index in [4.69, 9.17) is 4.74 Å². The van der Waals surface area contributed by atoms with E-state index in [0.29, 0.717) is 27.7 Å². The number of halogens is 3. The number of sulfonamides is 1. The van der Waals surface area contributed by atoms with Gasteiger partial charge in [-0.05, 0) is 24.3 Å². The lowest BCUT2D eigenvalue weighted by Crippen LogP contribution is -2.09. The van der Waals surface area contributed by atoms with Gasteiger partial charge in [0.15, 0.2) is 0 Å². The Hall–Kier alpha value is -2.59. The second-order valence-electron chi connectivity index (χ2n) is 5.91. The van der Waals surface area contributed by atoms with Gasteiger partial charge in [-0.25, -0.2) is 13.4 Å². The number of rotatable bonds is 6. The van der Waals surface area contributed by atoms with Gasteiger partial charge in [-0.2, -0.15) is 13.2 Å². The van der Waals surface area contributed by atoms with E-state index in [0.717, 1.165) is 18.4 Å². The zero-order valence-electron chi connectivity index (χ0n) is 14.5. The number of alkyl halides is 3. The Kier molecular flexibility index (Phi) is 5.61. The van der Waals surface area contributed by atoms with E-state index in [1.807, 2.05) is 0 Å². The predicted molar refractivity (Wildman–Crippen MR) is 102 cm³/mol. The van der Waals surface area contributed by atoms with Crippen LogP contribution in [0.5, 0.6) is 5.75 Å². The Balaban J connectivity index is 1.70. The summed E-state index contributed by atoms with van der Waals surface area (Å²) in [7, 11) is -3.40. The van der Waals surface area contributed by atoms with Gasteiger partial charge >= 0.3 is 6.18 Å². The number of aromatic nitrogens is 1. The first-order valence-corrected chi connectivity index (χ1v) is 10.7. The molecule has 1 heterocycles. The van der Waals surface area contributed by atoms with E-state index in [9.17, 15) is 21.6 Å². The van der Waals surface area contributed by atoms with Gasteiger partial charge in [0.25, 0.3) is 0 Å². The van der Waals surface area contributed by atoms with Crippen LogP contribution in [0.1, 0.15) is 11.3 Å². The van der Waals surface area contributed by atoms with E-state index in [2.05, 4.69) is 9.71 Å². The minimum absolute atomic E-state index is 0.0950. The highest BCUT2D eigenvalue weighted by atomic mass is 32.2. The minimum Gasteiger partial charge on any atom is -0.487 e. The lowest BCUT2D eigenvalue weighted by molar-refractivity contribution is -0.137. The highest BCUT2D eigenvalue weighted by molar-refractivity contribution is 7.92. The van der Waals surface area contributed by atoms with E-state index in [1.165, 1.54) is 23.5 Å². The zero-order valence-corrected chi connectivity index (χ0v) is 16.2. The SMILES string of the molecule is CS(=O)(=O)Nc1cccc(OCc2csc(-c3cccc(C(F)(F)F)c3)n2)c1. The van der Waals surface area contributed by atoms with Gasteiger partial charge in [0.2, 0.25) is 10.0 Å². The Bertz CT molecular complexity index is 1080. The van der Waals surface area contributed by atoms with Crippen LogP contribution in [0.4, 0.5) is 18.9 Å². The molecule has 1 N–H and O–H groups in total. The predicted octanol–water partition coefficient (Wildman–Crippen LogP) is 4.78. The standard InChI is InChI=1S/C18H15F3N2O3S2/c1-28(24,25)23-14-6-3-7-16(9-14)26-10-15-11-27-17(22-15)12-4-2-5-13(8-12)18(19,20)21/h2-9,11,23H,10H2,1H3. The van der Waals surface area contributed by atoms with Gasteiger partial charge < -0.3 is 4.74 Å². The van der Waals surface area contributed by atoms with Gasteiger partial charge in [-0.15, -0.1) is 11.3 Å². The second kappa shape index (κ2) is 7.80. The quantitative estimate of drug-likeness (QED) is 0.614. The van der Waals surface area contributed by atoms with Crippen molar-refractivity contribution in [3.05, 3.63) is 65.2 Å². The number of anilines is 1. The van der Waals surface area contributed by atoms with Crippen LogP contribution in [0, 0.1) is 0 Å². The number of benzene rings is 2. The van der Waals surface area contributed by atoms with Crippen molar-refractivity contribution in [3.63, 3.8) is 0 Å². The van der Waals surface area contributed by atoms with Gasteiger partial charge in [0, 0.05) is 17.0 Å². The van der Waals surface area contributed by atoms with Crippen LogP contribution in [0.15, 0.2) is 53.9 Å². The fourth-order valence-corrected chi connectivity index (χ4v) is 3.71. The maximum absolute atomic E-state index is 12.9. The van der Waals surface area contributed by atoms with Crippen LogP contribution in [-0.4, -0.2) is 19.7 Å². The van der Waals surface area contributed by atoms with Crippen molar-refractivity contribution < 1.29 is 26.3 Å². The number of ether oxygens (including phenoxy) is 1. The molecule has 28 heavy (non-hydrogen) atoms. The Morgan fingerprint density at radius 2 is 1.89 bits per heavy atom. The first kappa shape index (κ1) is 20.2. The lowest BCUT2D eigenvalue weighted by atomic mass is 10.1. The van der Waals surface area contributed by atoms with Crippen molar-refractivity contribution in [3.8, 4) is 16.3 Å². The van der Waals surface area contributed by atoms with Gasteiger partial charge in [0.1, 0.15) is 17.4 Å². The Morgan fingerprint density at radius 3 is 2.61 bits per heavy atom. The maximum Gasteiger partial charge on any atom is 0.416 e. The van der Waals surface area contributed by atoms with Crippen molar-refractivity contribution in [1.29, 1.82) is 0 Å². The first-order valence-electron chi connectivity index (χ1n) is 7.93. The monoisotopic (exact) mass is 428 g/mol. The summed E-state index contributed by atoms with van der Waals surface area (Å²) in [5, 5.41) is 2.16. The fourth-order valence-electron chi connectivity index (χ4n) is 2.36. The Morgan fingerprint density at radius 1 is 1.14 bits per heavy atom. The van der Waals surface area contributed by atoms with E-state index in [-0.39, 0.29) is 6.61 Å². The van der Waals surface area contributed by atoms with E-state index in [1.54, 1.807) is 29.6 Å². The summed E-state index contributed by atoms with van der Waals surface area (Å²) in [6, 6.07) is 11.4. The van der Waals surface area contributed by atoms with Crippen molar-refractivity contribution in [2.75, 3.05) is 11.0 Å². The molecule has 0 amide bonds. The molecule has 0 fully saturated rings.